The highest BCUT2D eigenvalue weighted by Gasteiger charge is 2.81. The maximum atomic E-state index is 14.9. The Balaban J connectivity index is 1.87. The normalized spacial score (nSPS) is 31.8. The lowest BCUT2D eigenvalue weighted by atomic mass is 9.53. The summed E-state index contributed by atoms with van der Waals surface area (Å²) in [7, 11) is 0. The molecule has 0 heterocycles. The highest BCUT2D eigenvalue weighted by Crippen LogP contribution is 2.69. The molecule has 2 nitrogen and oxygen atoms in total. The topological polar surface area (TPSA) is 29.5 Å². The Bertz CT molecular complexity index is 738. The number of hydrogen-bond acceptors (Lipinski definition) is 2. The van der Waals surface area contributed by atoms with Crippen LogP contribution in [-0.2, 0) is 11.3 Å². The number of aliphatic hydroxyl groups excluding tert-OH is 1. The summed E-state index contributed by atoms with van der Waals surface area (Å²) in [5.74, 6) is -11.3. The van der Waals surface area contributed by atoms with Gasteiger partial charge in [0.05, 0.1) is 12.7 Å². The van der Waals surface area contributed by atoms with Crippen molar-refractivity contribution in [1.82, 2.24) is 0 Å². The first-order valence-corrected chi connectivity index (χ1v) is 9.49. The van der Waals surface area contributed by atoms with Gasteiger partial charge in [-0.15, -0.1) is 0 Å². The quantitative estimate of drug-likeness (QED) is 0.590. The summed E-state index contributed by atoms with van der Waals surface area (Å²) in [6.07, 6.45) is -1.58. The predicted octanol–water partition coefficient (Wildman–Crippen LogP) is 5.92. The number of alkyl halides is 4. The van der Waals surface area contributed by atoms with Crippen LogP contribution in [-0.4, -0.2) is 22.6 Å². The highest BCUT2D eigenvalue weighted by atomic mass is 19.3. The Morgan fingerprint density at radius 1 is 1.00 bits per heavy atom. The molecule has 158 valence electrons. The van der Waals surface area contributed by atoms with E-state index in [1.165, 1.54) is 6.92 Å². The van der Waals surface area contributed by atoms with E-state index in [2.05, 4.69) is 0 Å². The van der Waals surface area contributed by atoms with E-state index in [1.54, 1.807) is 6.92 Å². The average Bonchev–Trinajstić information content (AvgIpc) is 2.62. The molecular weight excluding hydrogens is 386 g/mol. The Morgan fingerprint density at radius 3 is 2.14 bits per heavy atom. The second-order valence-corrected chi connectivity index (χ2v) is 8.08. The number of hydrogen-bond donors (Lipinski definition) is 1. The van der Waals surface area contributed by atoms with Gasteiger partial charge < -0.3 is 9.84 Å². The van der Waals surface area contributed by atoms with Gasteiger partial charge in [-0.2, -0.15) is 17.6 Å². The largest absolute Gasteiger partial charge is 0.389 e. The lowest BCUT2D eigenvalue weighted by Gasteiger charge is -2.60. The highest BCUT2D eigenvalue weighted by molar-refractivity contribution is 5.28. The fourth-order valence-corrected chi connectivity index (χ4v) is 4.75. The molecule has 3 aliphatic rings. The number of halogens is 6. The molecule has 0 spiro atoms. The monoisotopic (exact) mass is 410 g/mol. The van der Waals surface area contributed by atoms with Crippen molar-refractivity contribution in [2.24, 2.45) is 5.41 Å². The maximum absolute atomic E-state index is 14.9. The zero-order valence-electron chi connectivity index (χ0n) is 15.8. The van der Waals surface area contributed by atoms with Gasteiger partial charge in [0.2, 0.25) is 0 Å². The predicted molar refractivity (Wildman–Crippen MR) is 90.2 cm³/mol. The molecule has 1 aromatic carbocycles. The van der Waals surface area contributed by atoms with Crippen LogP contribution in [0.1, 0.15) is 69.6 Å². The Morgan fingerprint density at radius 2 is 1.61 bits per heavy atom. The van der Waals surface area contributed by atoms with Crippen LogP contribution < -0.4 is 0 Å². The first-order valence-electron chi connectivity index (χ1n) is 9.49. The molecule has 1 unspecified atom stereocenters. The molecule has 3 aliphatic carbocycles. The van der Waals surface area contributed by atoms with Crippen LogP contribution in [0.25, 0.3) is 0 Å². The molecule has 2 bridgehead atoms. The van der Waals surface area contributed by atoms with Crippen molar-refractivity contribution >= 4 is 0 Å². The van der Waals surface area contributed by atoms with Crippen LogP contribution in [0.15, 0.2) is 12.1 Å². The van der Waals surface area contributed by atoms with Crippen molar-refractivity contribution in [2.75, 3.05) is 0 Å². The molecule has 0 saturated heterocycles. The molecule has 0 aliphatic heterocycles. The molecule has 4 rings (SSSR count). The average molecular weight is 410 g/mol. The zero-order valence-corrected chi connectivity index (χ0v) is 15.8. The summed E-state index contributed by atoms with van der Waals surface area (Å²) in [4.78, 5) is 0. The van der Waals surface area contributed by atoms with Crippen LogP contribution in [0.2, 0.25) is 0 Å². The van der Waals surface area contributed by atoms with Crippen LogP contribution in [0, 0.1) is 17.0 Å². The lowest BCUT2D eigenvalue weighted by molar-refractivity contribution is -0.393. The van der Waals surface area contributed by atoms with E-state index >= 15 is 0 Å². The van der Waals surface area contributed by atoms with Gasteiger partial charge in [0.15, 0.2) is 11.6 Å². The summed E-state index contributed by atoms with van der Waals surface area (Å²) in [5.41, 5.74) is -4.79. The van der Waals surface area contributed by atoms with Crippen molar-refractivity contribution in [3.8, 4) is 0 Å². The molecule has 3 fully saturated rings. The van der Waals surface area contributed by atoms with Gasteiger partial charge in [-0.05, 0) is 39.0 Å². The van der Waals surface area contributed by atoms with E-state index in [0.29, 0.717) is 6.42 Å². The Labute approximate surface area is 159 Å². The molecule has 1 N–H and O–H groups in total. The standard InChI is InChI=1S/C20H24F6O2/c1-3-6-17-7-9-18(10-8-17,20(25,26)19(17,23)24)28-11-13-4-5-14(12(2)27)16(22)15(13)21/h4-5,12,27H,3,6-11H2,1-2H3. The van der Waals surface area contributed by atoms with Crippen molar-refractivity contribution in [2.45, 2.75) is 82.5 Å². The van der Waals surface area contributed by atoms with Crippen LogP contribution in [0.5, 0.6) is 0 Å². The molecule has 1 atom stereocenters. The number of ether oxygens (including phenoxy) is 1. The SMILES string of the molecule is CCCC12CCC(OCc3ccc(C(C)O)c(F)c3F)(CC1)C(F)(F)C2(F)F. The van der Waals surface area contributed by atoms with E-state index < -0.39 is 47.2 Å². The van der Waals surface area contributed by atoms with E-state index in [-0.39, 0.29) is 43.2 Å². The summed E-state index contributed by atoms with van der Waals surface area (Å²) in [6.45, 7) is 2.18. The summed E-state index contributed by atoms with van der Waals surface area (Å²) in [6, 6.07) is 2.24. The summed E-state index contributed by atoms with van der Waals surface area (Å²) >= 11 is 0. The first kappa shape index (κ1) is 21.4. The third-order valence-corrected chi connectivity index (χ3v) is 6.52. The van der Waals surface area contributed by atoms with Gasteiger partial charge >= 0.3 is 11.8 Å². The molecule has 0 amide bonds. The summed E-state index contributed by atoms with van der Waals surface area (Å²) < 4.78 is 92.8. The molecule has 1 aromatic rings. The third-order valence-electron chi connectivity index (χ3n) is 6.52. The Kier molecular flexibility index (Phi) is 5.28. The number of aliphatic hydroxyl groups is 1. The molecule has 0 radical (unpaired) electrons. The smallest absolute Gasteiger partial charge is 0.338 e. The Hall–Kier alpha value is -1.28. The fourth-order valence-electron chi connectivity index (χ4n) is 4.75. The molecule has 28 heavy (non-hydrogen) atoms. The van der Waals surface area contributed by atoms with E-state index in [0.717, 1.165) is 12.1 Å². The van der Waals surface area contributed by atoms with Gasteiger partial charge in [-0.3, -0.25) is 0 Å². The van der Waals surface area contributed by atoms with Crippen molar-refractivity contribution < 1.29 is 36.2 Å². The van der Waals surface area contributed by atoms with Crippen LogP contribution in [0.3, 0.4) is 0 Å². The minimum absolute atomic E-state index is 0.00627. The van der Waals surface area contributed by atoms with Gasteiger partial charge in [0.25, 0.3) is 0 Å². The zero-order chi connectivity index (χ0) is 21.0. The molecule has 3 saturated carbocycles. The molecule has 0 aromatic heterocycles. The first-order chi connectivity index (χ1) is 12.9. The minimum atomic E-state index is -4.40. The van der Waals surface area contributed by atoms with Gasteiger partial charge in [-0.25, -0.2) is 8.78 Å². The summed E-state index contributed by atoms with van der Waals surface area (Å²) in [5, 5.41) is 9.41. The second-order valence-electron chi connectivity index (χ2n) is 8.08. The van der Waals surface area contributed by atoms with Crippen LogP contribution in [0.4, 0.5) is 26.3 Å². The van der Waals surface area contributed by atoms with E-state index in [9.17, 15) is 31.4 Å². The van der Waals surface area contributed by atoms with E-state index in [4.69, 9.17) is 4.74 Å². The third kappa shape index (κ3) is 2.78. The second kappa shape index (κ2) is 6.90. The van der Waals surface area contributed by atoms with Crippen molar-refractivity contribution in [3.63, 3.8) is 0 Å². The van der Waals surface area contributed by atoms with E-state index in [1.807, 2.05) is 0 Å². The number of rotatable bonds is 6. The number of benzene rings is 1. The fraction of sp³-hybridized carbons (Fsp3) is 0.700. The van der Waals surface area contributed by atoms with Gasteiger partial charge in [0.1, 0.15) is 5.60 Å². The van der Waals surface area contributed by atoms with Crippen LogP contribution >= 0.6 is 0 Å². The van der Waals surface area contributed by atoms with Crippen molar-refractivity contribution in [3.05, 3.63) is 34.9 Å². The minimum Gasteiger partial charge on any atom is -0.389 e. The van der Waals surface area contributed by atoms with Gasteiger partial charge in [0, 0.05) is 16.5 Å². The molecular formula is C20H24F6O2. The maximum Gasteiger partial charge on any atom is 0.338 e. The van der Waals surface area contributed by atoms with Gasteiger partial charge in [-0.1, -0.05) is 25.5 Å². The number of fused-ring (bicyclic) bond motifs is 3. The lowest BCUT2D eigenvalue weighted by Crippen LogP contribution is -2.73. The van der Waals surface area contributed by atoms with Crippen molar-refractivity contribution in [1.29, 1.82) is 0 Å². The molecule has 8 heteroatoms.